The monoisotopic (exact) mass is 498 g/mol. The average Bonchev–Trinajstić information content (AvgIpc) is 3.43. The lowest BCUT2D eigenvalue weighted by molar-refractivity contribution is -0.137. The van der Waals surface area contributed by atoms with Crippen molar-refractivity contribution in [1.29, 1.82) is 0 Å². The molecule has 0 bridgehead atoms. The van der Waals surface area contributed by atoms with Crippen molar-refractivity contribution in [2.45, 2.75) is 38.5 Å². The van der Waals surface area contributed by atoms with Gasteiger partial charge in [0.1, 0.15) is 36.0 Å². The zero-order chi connectivity index (χ0) is 25.8. The third kappa shape index (κ3) is 3.75. The van der Waals surface area contributed by atoms with Crippen LogP contribution in [0.5, 0.6) is 0 Å². The molecule has 1 atom stereocenters. The number of nitrogen functional groups attached to an aromatic ring is 1. The van der Waals surface area contributed by atoms with Crippen LogP contribution in [0, 0.1) is 5.82 Å². The molecule has 5 rings (SSSR count). The number of nitrogens with two attached hydrogens (primary N) is 1. The predicted molar refractivity (Wildman–Crippen MR) is 127 cm³/mol. The van der Waals surface area contributed by atoms with E-state index in [-0.39, 0.29) is 36.0 Å². The lowest BCUT2D eigenvalue weighted by Gasteiger charge is -2.27. The van der Waals surface area contributed by atoms with Gasteiger partial charge in [-0.3, -0.25) is 0 Å². The number of rotatable bonds is 5. The van der Waals surface area contributed by atoms with E-state index in [1.165, 1.54) is 18.5 Å². The van der Waals surface area contributed by atoms with Crippen LogP contribution < -0.4 is 10.6 Å². The molecule has 186 valence electrons. The lowest BCUT2D eigenvalue weighted by atomic mass is 10.0. The fourth-order valence-corrected chi connectivity index (χ4v) is 4.72. The minimum Gasteiger partial charge on any atom is -0.383 e. The van der Waals surface area contributed by atoms with E-state index < -0.39 is 23.6 Å². The van der Waals surface area contributed by atoms with Crippen LogP contribution in [0.15, 0.2) is 42.7 Å². The van der Waals surface area contributed by atoms with Crippen LogP contribution in [0.3, 0.4) is 0 Å². The van der Waals surface area contributed by atoms with Crippen molar-refractivity contribution in [3.05, 3.63) is 65.2 Å². The number of fused-ring (bicyclic) bond motifs is 2. The van der Waals surface area contributed by atoms with Crippen LogP contribution in [0.25, 0.3) is 22.3 Å². The number of aldehydes is 1. The summed E-state index contributed by atoms with van der Waals surface area (Å²) < 4.78 is 57.2. The van der Waals surface area contributed by atoms with Crippen molar-refractivity contribution in [3.8, 4) is 11.3 Å². The summed E-state index contributed by atoms with van der Waals surface area (Å²) in [6, 6.07) is 6.76. The smallest absolute Gasteiger partial charge is 0.383 e. The number of nitrogens with zero attached hydrogens (tertiary/aromatic N) is 5. The van der Waals surface area contributed by atoms with Gasteiger partial charge in [0, 0.05) is 29.4 Å². The summed E-state index contributed by atoms with van der Waals surface area (Å²) in [5, 5.41) is 5.01. The second-order valence-electron chi connectivity index (χ2n) is 8.92. The summed E-state index contributed by atoms with van der Waals surface area (Å²) in [4.78, 5) is 22.0. The number of hydrogen-bond acceptors (Lipinski definition) is 6. The van der Waals surface area contributed by atoms with Gasteiger partial charge in [-0.15, -0.1) is 0 Å². The Bertz CT molecular complexity index is 1480. The minimum atomic E-state index is -4.54. The predicted octanol–water partition coefficient (Wildman–Crippen LogP) is 5.12. The van der Waals surface area contributed by atoms with Gasteiger partial charge < -0.3 is 15.4 Å². The fourth-order valence-electron chi connectivity index (χ4n) is 4.72. The molecule has 36 heavy (non-hydrogen) atoms. The zero-order valence-corrected chi connectivity index (χ0v) is 19.4. The number of benzene rings is 2. The molecule has 4 aromatic rings. The Morgan fingerprint density at radius 2 is 1.92 bits per heavy atom. The second kappa shape index (κ2) is 8.58. The maximum Gasteiger partial charge on any atom is 0.416 e. The number of hydrogen-bond donors (Lipinski definition) is 1. The topological polar surface area (TPSA) is 89.9 Å². The van der Waals surface area contributed by atoms with Gasteiger partial charge in [0.25, 0.3) is 0 Å². The summed E-state index contributed by atoms with van der Waals surface area (Å²) in [6.07, 6.45) is -2.37. The van der Waals surface area contributed by atoms with E-state index in [4.69, 9.17) is 5.73 Å². The maximum atomic E-state index is 15.9. The molecule has 3 heterocycles. The van der Waals surface area contributed by atoms with Crippen LogP contribution in [-0.2, 0) is 17.4 Å². The number of aromatic nitrogens is 4. The van der Waals surface area contributed by atoms with Crippen molar-refractivity contribution >= 4 is 28.8 Å². The Morgan fingerprint density at radius 3 is 2.61 bits per heavy atom. The highest BCUT2D eigenvalue weighted by molar-refractivity contribution is 5.98. The molecule has 0 saturated carbocycles. The molecular formula is C25H22F4N6O. The van der Waals surface area contributed by atoms with Crippen LogP contribution in [-0.4, -0.2) is 32.6 Å². The Kier molecular flexibility index (Phi) is 5.65. The molecule has 2 aromatic heterocycles. The van der Waals surface area contributed by atoms with E-state index in [1.54, 1.807) is 21.7 Å². The Hall–Kier alpha value is -4.02. The fraction of sp³-hybridized carbons (Fsp3) is 0.280. The van der Waals surface area contributed by atoms with Gasteiger partial charge in [-0.2, -0.15) is 18.3 Å². The van der Waals surface area contributed by atoms with Gasteiger partial charge in [0.2, 0.25) is 0 Å². The molecule has 0 amide bonds. The molecule has 7 nitrogen and oxygen atoms in total. The third-order valence-electron chi connectivity index (χ3n) is 6.41. The summed E-state index contributed by atoms with van der Waals surface area (Å²) in [5.74, 6) is -0.351. The molecule has 0 fully saturated rings. The van der Waals surface area contributed by atoms with E-state index >= 15 is 4.39 Å². The quantitative estimate of drug-likeness (QED) is 0.304. The van der Waals surface area contributed by atoms with Gasteiger partial charge in [-0.05, 0) is 50.1 Å². The number of carbonyl (C=O) groups is 1. The molecule has 11 heteroatoms. The molecular weight excluding hydrogens is 476 g/mol. The van der Waals surface area contributed by atoms with Crippen molar-refractivity contribution in [2.75, 3.05) is 17.2 Å². The number of halogens is 4. The average molecular weight is 498 g/mol. The molecule has 0 radical (unpaired) electrons. The highest BCUT2D eigenvalue weighted by Crippen LogP contribution is 2.42. The Balaban J connectivity index is 1.59. The molecule has 0 saturated heterocycles. The van der Waals surface area contributed by atoms with Crippen molar-refractivity contribution in [1.82, 2.24) is 19.7 Å². The highest BCUT2D eigenvalue weighted by atomic mass is 19.4. The zero-order valence-electron chi connectivity index (χ0n) is 19.4. The van der Waals surface area contributed by atoms with Crippen molar-refractivity contribution in [3.63, 3.8) is 0 Å². The van der Waals surface area contributed by atoms with Crippen LogP contribution in [0.1, 0.15) is 42.6 Å². The number of carbonyl (C=O) groups excluding carboxylic acids is 1. The summed E-state index contributed by atoms with van der Waals surface area (Å²) in [6.45, 7) is 4.10. The van der Waals surface area contributed by atoms with Crippen LogP contribution in [0.4, 0.5) is 29.1 Å². The van der Waals surface area contributed by atoms with Gasteiger partial charge in [-0.1, -0.05) is 12.1 Å². The molecule has 2 aromatic carbocycles. The standard InChI is InChI=1S/C25H22F4N6O/c1-13(2)35-24-20(23(30)31-12-32-24)22(33-35)17-6-7-18-16(21(17)26)8-9-34(18)19(11-36)14-4-3-5-15(10-14)25(27,28)29/h3-7,10-13,19H,8-9H2,1-2H3,(H2,30,31,32)/t19-/m1/s1. The molecule has 1 aliphatic rings. The number of anilines is 2. The molecule has 0 unspecified atom stereocenters. The van der Waals surface area contributed by atoms with E-state index in [0.29, 0.717) is 34.3 Å². The third-order valence-corrected chi connectivity index (χ3v) is 6.41. The second-order valence-corrected chi connectivity index (χ2v) is 8.92. The van der Waals surface area contributed by atoms with Gasteiger partial charge in [0.05, 0.1) is 10.9 Å². The SMILES string of the molecule is CC(C)n1nc(-c2ccc3c(c2F)CCN3[C@H](C=O)c2cccc(C(F)(F)F)c2)c2c(N)ncnc21. The van der Waals surface area contributed by atoms with Gasteiger partial charge in [0.15, 0.2) is 5.65 Å². The van der Waals surface area contributed by atoms with Crippen LogP contribution >= 0.6 is 0 Å². The molecule has 2 N–H and O–H groups in total. The Morgan fingerprint density at radius 1 is 1.14 bits per heavy atom. The van der Waals surface area contributed by atoms with Crippen molar-refractivity contribution in [2.24, 2.45) is 0 Å². The van der Waals surface area contributed by atoms with Crippen LogP contribution in [0.2, 0.25) is 0 Å². The summed E-state index contributed by atoms with van der Waals surface area (Å²) in [7, 11) is 0. The summed E-state index contributed by atoms with van der Waals surface area (Å²) in [5.41, 5.74) is 7.25. The van der Waals surface area contributed by atoms with Gasteiger partial charge >= 0.3 is 6.18 Å². The largest absolute Gasteiger partial charge is 0.416 e. The first-order valence-corrected chi connectivity index (χ1v) is 11.3. The van der Waals surface area contributed by atoms with Crippen molar-refractivity contribution < 1.29 is 22.4 Å². The Labute approximate surface area is 203 Å². The molecule has 1 aliphatic heterocycles. The lowest BCUT2D eigenvalue weighted by Crippen LogP contribution is -2.28. The van der Waals surface area contributed by atoms with E-state index in [1.807, 2.05) is 13.8 Å². The molecule has 0 spiro atoms. The van der Waals surface area contributed by atoms with E-state index in [9.17, 15) is 18.0 Å². The summed E-state index contributed by atoms with van der Waals surface area (Å²) >= 11 is 0. The van der Waals surface area contributed by atoms with E-state index in [0.717, 1.165) is 12.1 Å². The van der Waals surface area contributed by atoms with E-state index in [2.05, 4.69) is 15.1 Å². The first-order chi connectivity index (χ1) is 17.1. The molecule has 0 aliphatic carbocycles. The highest BCUT2D eigenvalue weighted by Gasteiger charge is 2.34. The minimum absolute atomic E-state index is 0.0654. The first-order valence-electron chi connectivity index (χ1n) is 11.3. The first kappa shape index (κ1) is 23.7. The van der Waals surface area contributed by atoms with Gasteiger partial charge in [-0.25, -0.2) is 19.0 Å². The normalized spacial score (nSPS) is 14.5. The number of alkyl halides is 3. The maximum absolute atomic E-state index is 15.9.